The Morgan fingerprint density at radius 1 is 1.26 bits per heavy atom. The van der Waals surface area contributed by atoms with Crippen LogP contribution in [0.25, 0.3) is 0 Å². The number of nitrogens with one attached hydrogen (secondary N) is 2. The molecule has 1 aliphatic heterocycles. The zero-order chi connectivity index (χ0) is 22.4. The van der Waals surface area contributed by atoms with Crippen molar-refractivity contribution in [2.24, 2.45) is 5.92 Å². The summed E-state index contributed by atoms with van der Waals surface area (Å²) >= 11 is 0. The monoisotopic (exact) mass is 455 g/mol. The molecule has 1 saturated carbocycles. The lowest BCUT2D eigenvalue weighted by molar-refractivity contribution is -0.121. The number of ether oxygens (including phenoxy) is 1. The van der Waals surface area contributed by atoms with Crippen molar-refractivity contribution in [1.82, 2.24) is 14.9 Å². The van der Waals surface area contributed by atoms with Crippen molar-refractivity contribution >= 4 is 22.0 Å². The minimum atomic E-state index is -3.78. The van der Waals surface area contributed by atoms with Gasteiger partial charge in [0.15, 0.2) is 11.6 Å². The molecule has 0 bridgehead atoms. The molecule has 3 amide bonds. The highest BCUT2D eigenvalue weighted by Crippen LogP contribution is 2.31. The fourth-order valence-corrected chi connectivity index (χ4v) is 4.68. The molecule has 10 heteroatoms. The van der Waals surface area contributed by atoms with Crippen LogP contribution in [0.5, 0.6) is 5.75 Å². The minimum Gasteiger partial charge on any atom is -0.490 e. The van der Waals surface area contributed by atoms with E-state index in [0.717, 1.165) is 38.2 Å². The Morgan fingerprint density at radius 3 is 2.74 bits per heavy atom. The lowest BCUT2D eigenvalue weighted by Gasteiger charge is -2.26. The van der Waals surface area contributed by atoms with Gasteiger partial charge in [-0.05, 0) is 50.7 Å². The summed E-state index contributed by atoms with van der Waals surface area (Å²) in [7, 11) is -3.78. The van der Waals surface area contributed by atoms with Crippen LogP contribution >= 0.6 is 0 Å². The van der Waals surface area contributed by atoms with Gasteiger partial charge in [-0.15, -0.1) is 0 Å². The molecular weight excluding hydrogens is 425 g/mol. The van der Waals surface area contributed by atoms with Gasteiger partial charge < -0.3 is 9.64 Å². The Bertz CT molecular complexity index is 904. The number of benzene rings is 1. The lowest BCUT2D eigenvalue weighted by Crippen LogP contribution is -2.49. The maximum absolute atomic E-state index is 13.9. The van der Waals surface area contributed by atoms with E-state index in [9.17, 15) is 22.4 Å². The normalized spacial score (nSPS) is 18.1. The Hall–Kier alpha value is -2.20. The van der Waals surface area contributed by atoms with E-state index >= 15 is 0 Å². The number of rotatable bonds is 12. The maximum atomic E-state index is 13.9. The van der Waals surface area contributed by atoms with Crippen LogP contribution in [-0.4, -0.2) is 51.0 Å². The number of urea groups is 1. The Labute approximate surface area is 182 Å². The molecule has 0 unspecified atom stereocenters. The number of halogens is 1. The van der Waals surface area contributed by atoms with Crippen molar-refractivity contribution in [3.63, 3.8) is 0 Å². The number of nitrogens with zero attached hydrogens (tertiary/aromatic N) is 1. The molecule has 2 N–H and O–H groups in total. The third-order valence-corrected chi connectivity index (χ3v) is 7.04. The molecule has 1 heterocycles. The summed E-state index contributed by atoms with van der Waals surface area (Å²) in [5, 5.41) is 2.29. The number of imide groups is 1. The van der Waals surface area contributed by atoms with Crippen LogP contribution in [0.2, 0.25) is 0 Å². The van der Waals surface area contributed by atoms with E-state index in [-0.39, 0.29) is 28.6 Å². The molecule has 3 rings (SSSR count). The van der Waals surface area contributed by atoms with Crippen molar-refractivity contribution in [3.8, 4) is 5.75 Å². The second kappa shape index (κ2) is 10.4. The molecule has 2 aliphatic rings. The van der Waals surface area contributed by atoms with E-state index in [0.29, 0.717) is 38.5 Å². The zero-order valence-electron chi connectivity index (χ0n) is 17.7. The van der Waals surface area contributed by atoms with E-state index in [2.05, 4.69) is 10.0 Å². The SMILES string of the molecule is C[C@@H](CCCCCN1CCC(=O)NC1=O)NS(=O)(=O)c1ccc(F)c(OCC2CC2)c1. The molecule has 31 heavy (non-hydrogen) atoms. The summed E-state index contributed by atoms with van der Waals surface area (Å²) in [6, 6.07) is 2.95. The Kier molecular flexibility index (Phi) is 7.88. The van der Waals surface area contributed by atoms with E-state index < -0.39 is 15.8 Å². The summed E-state index contributed by atoms with van der Waals surface area (Å²) in [5.74, 6) is -0.417. The molecule has 1 aliphatic carbocycles. The van der Waals surface area contributed by atoms with Gasteiger partial charge in [0.2, 0.25) is 15.9 Å². The highest BCUT2D eigenvalue weighted by Gasteiger charge is 2.24. The van der Waals surface area contributed by atoms with Crippen LogP contribution in [0.4, 0.5) is 9.18 Å². The molecule has 1 aromatic rings. The molecule has 0 radical (unpaired) electrons. The smallest absolute Gasteiger partial charge is 0.324 e. The van der Waals surface area contributed by atoms with E-state index in [1.165, 1.54) is 12.1 Å². The van der Waals surface area contributed by atoms with Gasteiger partial charge in [-0.2, -0.15) is 0 Å². The second-order valence-corrected chi connectivity index (χ2v) is 10.0. The molecule has 172 valence electrons. The highest BCUT2D eigenvalue weighted by atomic mass is 32.2. The molecule has 1 saturated heterocycles. The topological polar surface area (TPSA) is 105 Å². The predicted octanol–water partition coefficient (Wildman–Crippen LogP) is 2.78. The van der Waals surface area contributed by atoms with E-state index in [1.54, 1.807) is 11.8 Å². The second-order valence-electron chi connectivity index (χ2n) is 8.31. The van der Waals surface area contributed by atoms with Crippen LogP contribution in [0, 0.1) is 11.7 Å². The summed E-state index contributed by atoms with van der Waals surface area (Å²) < 4.78 is 47.3. The molecule has 8 nitrogen and oxygen atoms in total. The average molecular weight is 456 g/mol. The molecule has 0 spiro atoms. The van der Waals surface area contributed by atoms with E-state index in [1.807, 2.05) is 0 Å². The van der Waals surface area contributed by atoms with Gasteiger partial charge in [0, 0.05) is 31.6 Å². The summed E-state index contributed by atoms with van der Waals surface area (Å²) in [6.07, 6.45) is 5.47. The van der Waals surface area contributed by atoms with Crippen LogP contribution < -0.4 is 14.8 Å². The Morgan fingerprint density at radius 2 is 2.03 bits per heavy atom. The number of amides is 3. The van der Waals surface area contributed by atoms with Crippen LogP contribution in [0.15, 0.2) is 23.1 Å². The van der Waals surface area contributed by atoms with Crippen molar-refractivity contribution in [2.45, 2.75) is 62.8 Å². The van der Waals surface area contributed by atoms with Crippen LogP contribution in [-0.2, 0) is 14.8 Å². The maximum Gasteiger partial charge on any atom is 0.324 e. The fourth-order valence-electron chi connectivity index (χ4n) is 3.39. The highest BCUT2D eigenvalue weighted by molar-refractivity contribution is 7.89. The van der Waals surface area contributed by atoms with Crippen molar-refractivity contribution in [3.05, 3.63) is 24.0 Å². The van der Waals surface area contributed by atoms with E-state index in [4.69, 9.17) is 4.74 Å². The third-order valence-electron chi connectivity index (χ3n) is 5.45. The van der Waals surface area contributed by atoms with Gasteiger partial charge in [-0.3, -0.25) is 10.1 Å². The summed E-state index contributed by atoms with van der Waals surface area (Å²) in [4.78, 5) is 24.4. The standard InChI is InChI=1S/C21H30FN3O5S/c1-15(5-3-2-4-11-25-12-10-20(26)23-21(25)27)24-31(28,29)17-8-9-18(22)19(13-17)30-14-16-6-7-16/h8-9,13,15-16,24H,2-7,10-12,14H2,1H3,(H,23,26,27)/t15-/m0/s1. The number of hydrogen-bond acceptors (Lipinski definition) is 5. The van der Waals surface area contributed by atoms with Gasteiger partial charge in [0.05, 0.1) is 11.5 Å². The Balaban J connectivity index is 1.40. The quantitative estimate of drug-likeness (QED) is 0.472. The number of carbonyl (C=O) groups is 2. The van der Waals surface area contributed by atoms with Crippen LogP contribution in [0.3, 0.4) is 0 Å². The first-order valence-electron chi connectivity index (χ1n) is 10.8. The minimum absolute atomic E-state index is 0.0165. The summed E-state index contributed by atoms with van der Waals surface area (Å²) in [5.41, 5.74) is 0. The third kappa shape index (κ3) is 7.17. The van der Waals surface area contributed by atoms with Gasteiger partial charge in [-0.1, -0.05) is 12.8 Å². The number of hydrogen-bond donors (Lipinski definition) is 2. The zero-order valence-corrected chi connectivity index (χ0v) is 18.5. The molecule has 0 aromatic heterocycles. The molecule has 1 aromatic carbocycles. The van der Waals surface area contributed by atoms with Gasteiger partial charge >= 0.3 is 6.03 Å². The van der Waals surface area contributed by atoms with Crippen molar-refractivity contribution < 1.29 is 27.1 Å². The van der Waals surface area contributed by atoms with Crippen molar-refractivity contribution in [2.75, 3.05) is 19.7 Å². The molecule has 2 fully saturated rings. The van der Waals surface area contributed by atoms with Gasteiger partial charge in [-0.25, -0.2) is 22.3 Å². The molecule has 1 atom stereocenters. The lowest BCUT2D eigenvalue weighted by atomic mass is 10.1. The predicted molar refractivity (Wildman–Crippen MR) is 113 cm³/mol. The van der Waals surface area contributed by atoms with Gasteiger partial charge in [0.25, 0.3) is 0 Å². The summed E-state index contributed by atoms with van der Waals surface area (Å²) in [6.45, 7) is 3.19. The first-order chi connectivity index (χ1) is 14.7. The number of sulfonamides is 1. The fraction of sp³-hybridized carbons (Fsp3) is 0.619. The van der Waals surface area contributed by atoms with Gasteiger partial charge in [0.1, 0.15) is 0 Å². The largest absolute Gasteiger partial charge is 0.490 e. The average Bonchev–Trinajstić information content (AvgIpc) is 3.52. The van der Waals surface area contributed by atoms with Crippen LogP contribution in [0.1, 0.15) is 51.9 Å². The molecular formula is C21H30FN3O5S. The first kappa shape index (κ1) is 23.5. The number of carbonyl (C=O) groups excluding carboxylic acids is 2. The van der Waals surface area contributed by atoms with Crippen molar-refractivity contribution in [1.29, 1.82) is 0 Å². The number of unbranched alkanes of at least 4 members (excludes halogenated alkanes) is 2. The first-order valence-corrected chi connectivity index (χ1v) is 12.3.